The van der Waals surface area contributed by atoms with E-state index in [4.69, 9.17) is 23.2 Å². The number of hydrogen-bond donors (Lipinski definition) is 0. The summed E-state index contributed by atoms with van der Waals surface area (Å²) in [6, 6.07) is 1.70. The summed E-state index contributed by atoms with van der Waals surface area (Å²) in [6.45, 7) is 4.58. The molecule has 0 amide bonds. The third kappa shape index (κ3) is 2.77. The molecule has 1 saturated heterocycles. The molecule has 0 aliphatic carbocycles. The molecule has 0 atom stereocenters. The maximum absolute atomic E-state index is 12.7. The van der Waals surface area contributed by atoms with E-state index in [1.807, 2.05) is 0 Å². The van der Waals surface area contributed by atoms with Crippen LogP contribution in [0.2, 0.25) is 10.0 Å². The number of benzene rings is 1. The summed E-state index contributed by atoms with van der Waals surface area (Å²) in [4.78, 5) is 0.168. The van der Waals surface area contributed by atoms with Gasteiger partial charge >= 0.3 is 0 Å². The molecule has 0 radical (unpaired) electrons. The molecule has 0 saturated carbocycles. The zero-order valence-corrected chi connectivity index (χ0v) is 13.4. The van der Waals surface area contributed by atoms with Gasteiger partial charge in [-0.25, -0.2) is 8.42 Å². The van der Waals surface area contributed by atoms with Gasteiger partial charge in [0.05, 0.1) is 5.02 Å². The van der Waals surface area contributed by atoms with E-state index in [1.165, 1.54) is 4.31 Å². The first kappa shape index (κ1) is 15.1. The Morgan fingerprint density at radius 2 is 1.68 bits per heavy atom. The van der Waals surface area contributed by atoms with Crippen LogP contribution in [-0.2, 0) is 10.0 Å². The first-order valence-corrected chi connectivity index (χ1v) is 8.50. The van der Waals surface area contributed by atoms with Gasteiger partial charge < -0.3 is 0 Å². The first-order chi connectivity index (χ1) is 8.85. The lowest BCUT2D eigenvalue weighted by Gasteiger charge is -2.27. The molecule has 0 unspecified atom stereocenters. The van der Waals surface area contributed by atoms with E-state index in [-0.39, 0.29) is 9.92 Å². The number of nitrogens with zero attached hydrogens (tertiary/aromatic N) is 1. The highest BCUT2D eigenvalue weighted by Crippen LogP contribution is 2.35. The molecule has 2 rings (SSSR count). The van der Waals surface area contributed by atoms with E-state index >= 15 is 0 Å². The van der Waals surface area contributed by atoms with Crippen LogP contribution in [0.15, 0.2) is 11.0 Å². The van der Waals surface area contributed by atoms with Crippen molar-refractivity contribution in [2.45, 2.75) is 38.0 Å². The molecule has 1 aromatic rings. The minimum atomic E-state index is -3.55. The van der Waals surface area contributed by atoms with Gasteiger partial charge in [0.1, 0.15) is 4.90 Å². The Labute approximate surface area is 124 Å². The minimum absolute atomic E-state index is 0.168. The lowest BCUT2D eigenvalue weighted by atomic mass is 10.2. The van der Waals surface area contributed by atoms with E-state index in [1.54, 1.807) is 19.9 Å². The Hall–Kier alpha value is -0.290. The van der Waals surface area contributed by atoms with E-state index in [0.717, 1.165) is 19.3 Å². The van der Waals surface area contributed by atoms with Crippen LogP contribution in [0.5, 0.6) is 0 Å². The fourth-order valence-corrected chi connectivity index (χ4v) is 5.04. The monoisotopic (exact) mass is 321 g/mol. The molecular weight excluding hydrogens is 305 g/mol. The SMILES string of the molecule is Cc1cc(Cl)c(C)c(S(=O)(=O)N2CCCCC2)c1Cl. The smallest absolute Gasteiger partial charge is 0.207 e. The molecule has 1 aliphatic heterocycles. The maximum atomic E-state index is 12.7. The number of halogens is 2. The van der Waals surface area contributed by atoms with Crippen molar-refractivity contribution in [1.82, 2.24) is 4.31 Å². The molecule has 0 bridgehead atoms. The van der Waals surface area contributed by atoms with Gasteiger partial charge in [0.15, 0.2) is 0 Å². The Morgan fingerprint density at radius 1 is 1.11 bits per heavy atom. The topological polar surface area (TPSA) is 37.4 Å². The van der Waals surface area contributed by atoms with Gasteiger partial charge in [0.25, 0.3) is 0 Å². The standard InChI is InChI=1S/C13H17Cl2NO2S/c1-9-8-11(14)10(2)13(12(9)15)19(17,18)16-6-4-3-5-7-16/h8H,3-7H2,1-2H3. The molecule has 1 aliphatic rings. The number of piperidine rings is 1. The lowest BCUT2D eigenvalue weighted by Crippen LogP contribution is -2.36. The van der Waals surface area contributed by atoms with Gasteiger partial charge in [-0.3, -0.25) is 0 Å². The molecule has 1 heterocycles. The summed E-state index contributed by atoms with van der Waals surface area (Å²) in [5.41, 5.74) is 1.22. The summed E-state index contributed by atoms with van der Waals surface area (Å²) >= 11 is 12.3. The molecular formula is C13H17Cl2NO2S. The van der Waals surface area contributed by atoms with Crippen LogP contribution in [0.4, 0.5) is 0 Å². The minimum Gasteiger partial charge on any atom is -0.207 e. The second kappa shape index (κ2) is 5.60. The van der Waals surface area contributed by atoms with Crippen molar-refractivity contribution in [2.75, 3.05) is 13.1 Å². The van der Waals surface area contributed by atoms with Crippen molar-refractivity contribution in [2.24, 2.45) is 0 Å². The molecule has 0 N–H and O–H groups in total. The Bertz CT molecular complexity index is 567. The molecule has 106 valence electrons. The second-order valence-corrected chi connectivity index (χ2v) is 7.57. The van der Waals surface area contributed by atoms with Gasteiger partial charge in [-0.1, -0.05) is 29.6 Å². The van der Waals surface area contributed by atoms with E-state index in [2.05, 4.69) is 0 Å². The number of hydrogen-bond acceptors (Lipinski definition) is 2. The molecule has 0 spiro atoms. The van der Waals surface area contributed by atoms with Crippen molar-refractivity contribution >= 4 is 33.2 Å². The number of sulfonamides is 1. The second-order valence-electron chi connectivity index (χ2n) is 4.91. The number of rotatable bonds is 2. The van der Waals surface area contributed by atoms with Gasteiger partial charge in [-0.05, 0) is 43.9 Å². The Morgan fingerprint density at radius 3 is 2.26 bits per heavy atom. The average molecular weight is 322 g/mol. The fourth-order valence-electron chi connectivity index (χ4n) is 2.35. The lowest BCUT2D eigenvalue weighted by molar-refractivity contribution is 0.346. The summed E-state index contributed by atoms with van der Waals surface area (Å²) in [5, 5.41) is 0.727. The van der Waals surface area contributed by atoms with Crippen LogP contribution in [0.1, 0.15) is 30.4 Å². The van der Waals surface area contributed by atoms with E-state index in [0.29, 0.717) is 29.2 Å². The largest absolute Gasteiger partial charge is 0.244 e. The summed E-state index contributed by atoms with van der Waals surface area (Å²) < 4.78 is 26.9. The highest BCUT2D eigenvalue weighted by atomic mass is 35.5. The zero-order valence-electron chi connectivity index (χ0n) is 11.0. The van der Waals surface area contributed by atoms with Crippen LogP contribution in [0.25, 0.3) is 0 Å². The summed E-state index contributed by atoms with van der Waals surface area (Å²) in [5.74, 6) is 0. The van der Waals surface area contributed by atoms with Crippen molar-refractivity contribution in [3.63, 3.8) is 0 Å². The van der Waals surface area contributed by atoms with Crippen LogP contribution in [-0.4, -0.2) is 25.8 Å². The maximum Gasteiger partial charge on any atom is 0.244 e. The normalized spacial score (nSPS) is 17.7. The zero-order chi connectivity index (χ0) is 14.2. The van der Waals surface area contributed by atoms with Crippen molar-refractivity contribution in [3.05, 3.63) is 27.2 Å². The first-order valence-electron chi connectivity index (χ1n) is 6.31. The van der Waals surface area contributed by atoms with Crippen molar-refractivity contribution in [1.29, 1.82) is 0 Å². The molecule has 1 aromatic carbocycles. The van der Waals surface area contributed by atoms with Gasteiger partial charge in [-0.2, -0.15) is 4.31 Å². The number of aryl methyl sites for hydroxylation is 1. The third-order valence-corrected chi connectivity index (χ3v) is 6.56. The van der Waals surface area contributed by atoms with Gasteiger partial charge in [0.2, 0.25) is 10.0 Å². The molecule has 0 aromatic heterocycles. The highest BCUT2D eigenvalue weighted by molar-refractivity contribution is 7.89. The Kier molecular flexibility index (Phi) is 4.45. The van der Waals surface area contributed by atoms with Gasteiger partial charge in [-0.15, -0.1) is 0 Å². The third-order valence-electron chi connectivity index (χ3n) is 3.50. The van der Waals surface area contributed by atoms with E-state index in [9.17, 15) is 8.42 Å². The van der Waals surface area contributed by atoms with Crippen LogP contribution in [0, 0.1) is 13.8 Å². The quantitative estimate of drug-likeness (QED) is 0.831. The van der Waals surface area contributed by atoms with E-state index < -0.39 is 10.0 Å². The fraction of sp³-hybridized carbons (Fsp3) is 0.538. The molecule has 6 heteroatoms. The summed E-state index contributed by atoms with van der Waals surface area (Å²) in [7, 11) is -3.55. The molecule has 19 heavy (non-hydrogen) atoms. The van der Waals surface area contributed by atoms with Crippen molar-refractivity contribution < 1.29 is 8.42 Å². The average Bonchev–Trinajstić information content (AvgIpc) is 2.37. The van der Waals surface area contributed by atoms with Crippen LogP contribution >= 0.6 is 23.2 Å². The van der Waals surface area contributed by atoms with Crippen LogP contribution in [0.3, 0.4) is 0 Å². The predicted octanol–water partition coefficient (Wildman–Crippen LogP) is 3.78. The highest BCUT2D eigenvalue weighted by Gasteiger charge is 2.30. The Balaban J connectivity index is 2.57. The van der Waals surface area contributed by atoms with Crippen LogP contribution < -0.4 is 0 Å². The molecule has 3 nitrogen and oxygen atoms in total. The van der Waals surface area contributed by atoms with Gasteiger partial charge in [0, 0.05) is 18.1 Å². The predicted molar refractivity (Wildman–Crippen MR) is 78.5 cm³/mol. The summed E-state index contributed by atoms with van der Waals surface area (Å²) in [6.07, 6.45) is 2.87. The van der Waals surface area contributed by atoms with Crippen molar-refractivity contribution in [3.8, 4) is 0 Å². The molecule has 1 fully saturated rings.